The number of nitrogens with zero attached hydrogens (tertiary/aromatic N) is 2. The maximum atomic E-state index is 13.0. The van der Waals surface area contributed by atoms with Gasteiger partial charge in [0, 0.05) is 6.04 Å². The van der Waals surface area contributed by atoms with Gasteiger partial charge in [-0.25, -0.2) is 4.98 Å². The number of hydrogen-bond acceptors (Lipinski definition) is 5. The summed E-state index contributed by atoms with van der Waals surface area (Å²) in [4.78, 5) is 34.3. The van der Waals surface area contributed by atoms with E-state index in [0.717, 1.165) is 0 Å². The summed E-state index contributed by atoms with van der Waals surface area (Å²) in [6, 6.07) is 14.1. The van der Waals surface area contributed by atoms with Crippen molar-refractivity contribution in [3.63, 3.8) is 0 Å². The number of carbonyl (C=O) groups excluding carboxylic acids is 1. The second kappa shape index (κ2) is 8.77. The first-order chi connectivity index (χ1) is 13.9. The third-order valence-electron chi connectivity index (χ3n) is 4.61. The maximum absolute atomic E-state index is 13.0. The lowest BCUT2D eigenvalue weighted by molar-refractivity contribution is -0.140. The SMILES string of the molecule is COc1ccc(OC(C)C(=O)N(Cc2nc3ccccc3c(=O)[nH]2)C(C)C)cc1. The van der Waals surface area contributed by atoms with Crippen LogP contribution in [-0.4, -0.2) is 40.0 Å². The predicted octanol–water partition coefficient (Wildman–Crippen LogP) is 3.14. The molecule has 29 heavy (non-hydrogen) atoms. The normalized spacial score (nSPS) is 12.0. The van der Waals surface area contributed by atoms with Gasteiger partial charge in [0.25, 0.3) is 11.5 Å². The average molecular weight is 395 g/mol. The molecular formula is C22H25N3O4. The van der Waals surface area contributed by atoms with Crippen molar-refractivity contribution in [3.05, 3.63) is 64.7 Å². The zero-order chi connectivity index (χ0) is 21.0. The summed E-state index contributed by atoms with van der Waals surface area (Å²) in [6.45, 7) is 5.72. The van der Waals surface area contributed by atoms with Crippen molar-refractivity contribution in [1.29, 1.82) is 0 Å². The molecule has 3 rings (SSSR count). The van der Waals surface area contributed by atoms with Crippen molar-refractivity contribution in [3.8, 4) is 11.5 Å². The number of para-hydroxylation sites is 1. The molecule has 3 aromatic rings. The van der Waals surface area contributed by atoms with E-state index in [1.165, 1.54) is 0 Å². The third kappa shape index (κ3) is 4.74. The number of nitrogens with one attached hydrogen (secondary N) is 1. The summed E-state index contributed by atoms with van der Waals surface area (Å²) in [5, 5.41) is 0.523. The van der Waals surface area contributed by atoms with Crippen molar-refractivity contribution >= 4 is 16.8 Å². The standard InChI is InChI=1S/C22H25N3O4/c1-14(2)25(13-20-23-19-8-6-5-7-18(19)21(26)24-20)22(27)15(3)29-17-11-9-16(28-4)10-12-17/h5-12,14-15H,13H2,1-4H3,(H,23,24,26). The fourth-order valence-corrected chi connectivity index (χ4v) is 3.03. The molecule has 1 heterocycles. The Bertz CT molecular complexity index is 1040. The molecule has 2 aromatic carbocycles. The molecular weight excluding hydrogens is 370 g/mol. The molecule has 0 spiro atoms. The van der Waals surface area contributed by atoms with Gasteiger partial charge in [-0.05, 0) is 57.2 Å². The topological polar surface area (TPSA) is 84.5 Å². The molecule has 152 valence electrons. The van der Waals surface area contributed by atoms with Gasteiger partial charge in [0.15, 0.2) is 6.10 Å². The largest absolute Gasteiger partial charge is 0.497 e. The Morgan fingerprint density at radius 2 is 1.72 bits per heavy atom. The van der Waals surface area contributed by atoms with E-state index in [-0.39, 0.29) is 24.1 Å². The molecule has 7 nitrogen and oxygen atoms in total. The van der Waals surface area contributed by atoms with Crippen LogP contribution in [0.4, 0.5) is 0 Å². The first-order valence-corrected chi connectivity index (χ1v) is 9.48. The summed E-state index contributed by atoms with van der Waals surface area (Å²) in [7, 11) is 1.59. The third-order valence-corrected chi connectivity index (χ3v) is 4.61. The number of benzene rings is 2. The molecule has 1 amide bonds. The van der Waals surface area contributed by atoms with Gasteiger partial charge in [-0.15, -0.1) is 0 Å². The van der Waals surface area contributed by atoms with Gasteiger partial charge in [0.05, 0.1) is 24.6 Å². The van der Waals surface area contributed by atoms with E-state index in [1.54, 1.807) is 61.4 Å². The van der Waals surface area contributed by atoms with Gasteiger partial charge in [-0.1, -0.05) is 12.1 Å². The zero-order valence-corrected chi connectivity index (χ0v) is 17.0. The Hall–Kier alpha value is -3.35. The highest BCUT2D eigenvalue weighted by atomic mass is 16.5. The highest BCUT2D eigenvalue weighted by molar-refractivity contribution is 5.81. The fourth-order valence-electron chi connectivity index (χ4n) is 3.03. The van der Waals surface area contributed by atoms with Crippen LogP contribution < -0.4 is 15.0 Å². The first kappa shape index (κ1) is 20.4. The number of carbonyl (C=O) groups is 1. The van der Waals surface area contributed by atoms with Gasteiger partial charge >= 0.3 is 0 Å². The molecule has 0 aliphatic heterocycles. The number of amides is 1. The number of rotatable bonds is 7. The summed E-state index contributed by atoms with van der Waals surface area (Å²) in [5.41, 5.74) is 0.384. The van der Waals surface area contributed by atoms with E-state index in [4.69, 9.17) is 9.47 Å². The summed E-state index contributed by atoms with van der Waals surface area (Å²) in [6.07, 6.45) is -0.696. The van der Waals surface area contributed by atoms with Crippen LogP contribution in [0, 0.1) is 0 Å². The molecule has 0 aliphatic rings. The Kier molecular flexibility index (Phi) is 6.16. The van der Waals surface area contributed by atoms with Crippen LogP contribution in [0.5, 0.6) is 11.5 Å². The molecule has 1 N–H and O–H groups in total. The fraction of sp³-hybridized carbons (Fsp3) is 0.318. The van der Waals surface area contributed by atoms with Crippen molar-refractivity contribution in [2.75, 3.05) is 7.11 Å². The van der Waals surface area contributed by atoms with Crippen LogP contribution in [0.25, 0.3) is 10.9 Å². The van der Waals surface area contributed by atoms with Gasteiger partial charge in [-0.2, -0.15) is 0 Å². The van der Waals surface area contributed by atoms with Crippen molar-refractivity contribution in [2.24, 2.45) is 0 Å². The van der Waals surface area contributed by atoms with E-state index >= 15 is 0 Å². The number of methoxy groups -OCH3 is 1. The Labute approximate surface area is 169 Å². The molecule has 1 aromatic heterocycles. The Morgan fingerprint density at radius 1 is 1.07 bits per heavy atom. The minimum absolute atomic E-state index is 0.0961. The Balaban J connectivity index is 1.78. The van der Waals surface area contributed by atoms with Crippen molar-refractivity contribution in [2.45, 2.75) is 39.5 Å². The number of aromatic nitrogens is 2. The maximum Gasteiger partial charge on any atom is 0.263 e. The van der Waals surface area contributed by atoms with Crippen molar-refractivity contribution < 1.29 is 14.3 Å². The highest BCUT2D eigenvalue weighted by Gasteiger charge is 2.25. The van der Waals surface area contributed by atoms with Crippen LogP contribution in [0.15, 0.2) is 53.3 Å². The zero-order valence-electron chi connectivity index (χ0n) is 17.0. The average Bonchev–Trinajstić information content (AvgIpc) is 2.72. The van der Waals surface area contributed by atoms with E-state index in [1.807, 2.05) is 19.9 Å². The summed E-state index contributed by atoms with van der Waals surface area (Å²) < 4.78 is 10.9. The number of aromatic amines is 1. The molecule has 0 fully saturated rings. The molecule has 0 aliphatic carbocycles. The molecule has 0 radical (unpaired) electrons. The monoisotopic (exact) mass is 395 g/mol. The molecule has 0 bridgehead atoms. The number of hydrogen-bond donors (Lipinski definition) is 1. The lowest BCUT2D eigenvalue weighted by atomic mass is 10.2. The Morgan fingerprint density at radius 3 is 2.38 bits per heavy atom. The van der Waals surface area contributed by atoms with Crippen LogP contribution in [0.3, 0.4) is 0 Å². The van der Waals surface area contributed by atoms with E-state index in [2.05, 4.69) is 9.97 Å². The van der Waals surface area contributed by atoms with Crippen LogP contribution in [0.2, 0.25) is 0 Å². The highest BCUT2D eigenvalue weighted by Crippen LogP contribution is 2.19. The molecule has 1 unspecified atom stereocenters. The van der Waals surface area contributed by atoms with Crippen LogP contribution >= 0.6 is 0 Å². The summed E-state index contributed by atoms with van der Waals surface area (Å²) >= 11 is 0. The van der Waals surface area contributed by atoms with Gasteiger partial charge in [0.1, 0.15) is 17.3 Å². The molecule has 1 atom stereocenters. The molecule has 0 saturated heterocycles. The molecule has 7 heteroatoms. The van der Waals surface area contributed by atoms with Crippen LogP contribution in [-0.2, 0) is 11.3 Å². The number of H-pyrrole nitrogens is 1. The van der Waals surface area contributed by atoms with E-state index in [0.29, 0.717) is 28.2 Å². The molecule has 0 saturated carbocycles. The van der Waals surface area contributed by atoms with Crippen LogP contribution in [0.1, 0.15) is 26.6 Å². The first-order valence-electron chi connectivity index (χ1n) is 9.48. The summed E-state index contributed by atoms with van der Waals surface area (Å²) in [5.74, 6) is 1.54. The van der Waals surface area contributed by atoms with Gasteiger partial charge < -0.3 is 19.4 Å². The van der Waals surface area contributed by atoms with Gasteiger partial charge in [0.2, 0.25) is 0 Å². The van der Waals surface area contributed by atoms with E-state index in [9.17, 15) is 9.59 Å². The smallest absolute Gasteiger partial charge is 0.263 e. The van der Waals surface area contributed by atoms with Crippen molar-refractivity contribution in [1.82, 2.24) is 14.9 Å². The number of fused-ring (bicyclic) bond motifs is 1. The van der Waals surface area contributed by atoms with E-state index < -0.39 is 6.10 Å². The minimum atomic E-state index is -0.696. The second-order valence-corrected chi connectivity index (χ2v) is 7.03. The second-order valence-electron chi connectivity index (χ2n) is 7.03. The minimum Gasteiger partial charge on any atom is -0.497 e. The van der Waals surface area contributed by atoms with Gasteiger partial charge in [-0.3, -0.25) is 9.59 Å². The predicted molar refractivity (Wildman–Crippen MR) is 111 cm³/mol. The lowest BCUT2D eigenvalue weighted by Gasteiger charge is -2.29. The number of ether oxygens (including phenoxy) is 2. The quantitative estimate of drug-likeness (QED) is 0.664. The lowest BCUT2D eigenvalue weighted by Crippen LogP contribution is -2.44.